The highest BCUT2D eigenvalue weighted by atomic mass is 79.9. The summed E-state index contributed by atoms with van der Waals surface area (Å²) in [6.07, 6.45) is 1.47. The van der Waals surface area contributed by atoms with Gasteiger partial charge in [-0.25, -0.2) is 8.42 Å². The van der Waals surface area contributed by atoms with Gasteiger partial charge in [0.25, 0.3) is 10.0 Å². The first-order valence-electron chi connectivity index (χ1n) is 3.96. The third-order valence-electron chi connectivity index (χ3n) is 1.66. The van der Waals surface area contributed by atoms with Gasteiger partial charge in [-0.3, -0.25) is 9.82 Å². The fourth-order valence-electron chi connectivity index (χ4n) is 1.02. The molecule has 0 aliphatic heterocycles. The Balaban J connectivity index is 2.36. The van der Waals surface area contributed by atoms with Gasteiger partial charge in [0, 0.05) is 6.07 Å². The second-order valence-electron chi connectivity index (χ2n) is 2.76. The Hall–Kier alpha value is -0.380. The van der Waals surface area contributed by atoms with Gasteiger partial charge in [-0.05, 0) is 37.9 Å². The fourth-order valence-corrected chi connectivity index (χ4v) is 5.85. The number of anilines is 1. The van der Waals surface area contributed by atoms with Crippen molar-refractivity contribution in [2.75, 3.05) is 4.72 Å². The minimum absolute atomic E-state index is 0.193. The van der Waals surface area contributed by atoms with Gasteiger partial charge in [0.2, 0.25) is 0 Å². The molecular weight excluding hydrogens is 382 g/mol. The summed E-state index contributed by atoms with van der Waals surface area (Å²) in [4.78, 5) is 0.193. The van der Waals surface area contributed by atoms with Crippen molar-refractivity contribution in [3.8, 4) is 0 Å². The monoisotopic (exact) mass is 385 g/mol. The maximum atomic E-state index is 11.9. The van der Waals surface area contributed by atoms with Crippen molar-refractivity contribution in [3.63, 3.8) is 0 Å². The molecule has 0 aliphatic carbocycles. The molecule has 2 N–H and O–H groups in total. The number of nitrogens with zero attached hydrogens (tertiary/aromatic N) is 1. The van der Waals surface area contributed by atoms with Crippen LogP contribution in [0.5, 0.6) is 0 Å². The van der Waals surface area contributed by atoms with Crippen LogP contribution in [0.25, 0.3) is 0 Å². The van der Waals surface area contributed by atoms with Crippen molar-refractivity contribution < 1.29 is 8.42 Å². The third kappa shape index (κ3) is 2.47. The number of aromatic amines is 1. The number of thiophene rings is 1. The molecule has 0 radical (unpaired) electrons. The molecule has 0 spiro atoms. The van der Waals surface area contributed by atoms with Gasteiger partial charge in [0.1, 0.15) is 10.7 Å². The number of rotatable bonds is 3. The van der Waals surface area contributed by atoms with Gasteiger partial charge in [0.05, 0.1) is 13.8 Å². The Morgan fingerprint density at radius 3 is 2.69 bits per heavy atom. The molecule has 16 heavy (non-hydrogen) atoms. The topological polar surface area (TPSA) is 74.8 Å². The van der Waals surface area contributed by atoms with E-state index >= 15 is 0 Å². The van der Waals surface area contributed by atoms with Gasteiger partial charge < -0.3 is 0 Å². The zero-order valence-electron chi connectivity index (χ0n) is 7.57. The van der Waals surface area contributed by atoms with Gasteiger partial charge in [-0.1, -0.05) is 0 Å². The van der Waals surface area contributed by atoms with Crippen LogP contribution in [-0.2, 0) is 10.0 Å². The molecule has 0 aliphatic rings. The maximum Gasteiger partial charge on any atom is 0.265 e. The zero-order valence-corrected chi connectivity index (χ0v) is 12.4. The first-order chi connectivity index (χ1) is 7.49. The first kappa shape index (κ1) is 12.1. The number of H-pyrrole nitrogens is 1. The molecule has 0 atom stereocenters. The van der Waals surface area contributed by atoms with Crippen LogP contribution in [0.2, 0.25) is 0 Å². The molecule has 9 heteroatoms. The Morgan fingerprint density at radius 2 is 2.19 bits per heavy atom. The Bertz CT molecular complexity index is 591. The average molecular weight is 387 g/mol. The Morgan fingerprint density at radius 1 is 1.44 bits per heavy atom. The van der Waals surface area contributed by atoms with Crippen molar-refractivity contribution in [1.29, 1.82) is 0 Å². The minimum atomic E-state index is -3.58. The molecule has 0 saturated heterocycles. The number of sulfonamides is 1. The largest absolute Gasteiger partial charge is 0.265 e. The van der Waals surface area contributed by atoms with Gasteiger partial charge in [-0.15, -0.1) is 11.3 Å². The smallest absolute Gasteiger partial charge is 0.264 e. The zero-order chi connectivity index (χ0) is 11.8. The quantitative estimate of drug-likeness (QED) is 0.851. The lowest BCUT2D eigenvalue weighted by Gasteiger charge is -2.03. The van der Waals surface area contributed by atoms with E-state index in [0.29, 0.717) is 9.60 Å². The van der Waals surface area contributed by atoms with E-state index in [0.717, 1.165) is 3.79 Å². The predicted molar refractivity (Wildman–Crippen MR) is 69.1 cm³/mol. The van der Waals surface area contributed by atoms with E-state index in [4.69, 9.17) is 0 Å². The van der Waals surface area contributed by atoms with Crippen LogP contribution in [0, 0.1) is 0 Å². The SMILES string of the molecule is O=S(=O)(Nc1ccn[nH]1)c1cc(Br)sc1Br. The summed E-state index contributed by atoms with van der Waals surface area (Å²) >= 11 is 7.73. The Kier molecular flexibility index (Phi) is 3.38. The van der Waals surface area contributed by atoms with Crippen LogP contribution in [-0.4, -0.2) is 18.6 Å². The number of nitrogens with one attached hydrogen (secondary N) is 2. The van der Waals surface area contributed by atoms with E-state index in [1.165, 1.54) is 29.7 Å². The molecule has 2 rings (SSSR count). The fraction of sp³-hybridized carbons (Fsp3) is 0. The molecule has 86 valence electrons. The Labute approximate surface area is 113 Å². The van der Waals surface area contributed by atoms with Crippen LogP contribution in [0.4, 0.5) is 5.82 Å². The normalized spacial score (nSPS) is 11.6. The summed E-state index contributed by atoms with van der Waals surface area (Å²) in [5.74, 6) is 0.328. The predicted octanol–water partition coefficient (Wildman–Crippen LogP) is 2.80. The standard InChI is InChI=1S/C7H5Br2N3O2S2/c8-5-3-4(7(9)15-5)16(13,14)12-6-1-2-10-11-6/h1-3H,(H2,10,11,12). The molecule has 0 unspecified atom stereocenters. The second-order valence-corrected chi connectivity index (χ2v) is 8.16. The number of hydrogen-bond donors (Lipinski definition) is 2. The van der Waals surface area contributed by atoms with Crippen molar-refractivity contribution in [3.05, 3.63) is 25.9 Å². The van der Waals surface area contributed by atoms with E-state index in [2.05, 4.69) is 46.8 Å². The summed E-state index contributed by atoms with van der Waals surface area (Å²) in [5, 5.41) is 6.18. The molecule has 2 heterocycles. The second kappa shape index (κ2) is 4.47. The van der Waals surface area contributed by atoms with Crippen LogP contribution in [0.3, 0.4) is 0 Å². The summed E-state index contributed by atoms with van der Waals surface area (Å²) in [7, 11) is -3.58. The van der Waals surface area contributed by atoms with Crippen LogP contribution >= 0.6 is 43.2 Å². The third-order valence-corrected chi connectivity index (χ3v) is 5.78. The molecule has 0 bridgehead atoms. The first-order valence-corrected chi connectivity index (χ1v) is 7.84. The van der Waals surface area contributed by atoms with Crippen LogP contribution in [0.15, 0.2) is 30.8 Å². The van der Waals surface area contributed by atoms with Crippen molar-refractivity contribution in [2.45, 2.75) is 4.90 Å². The lowest BCUT2D eigenvalue weighted by molar-refractivity contribution is 0.601. The summed E-state index contributed by atoms with van der Waals surface area (Å²) < 4.78 is 27.5. The summed E-state index contributed by atoms with van der Waals surface area (Å²) in [6.45, 7) is 0. The van der Waals surface area contributed by atoms with E-state index in [1.54, 1.807) is 0 Å². The average Bonchev–Trinajstić information content (AvgIpc) is 2.75. The molecule has 0 saturated carbocycles. The lowest BCUT2D eigenvalue weighted by atomic mass is 10.7. The van der Waals surface area contributed by atoms with E-state index in [1.807, 2.05) is 0 Å². The number of aromatic nitrogens is 2. The highest BCUT2D eigenvalue weighted by molar-refractivity contribution is 9.12. The van der Waals surface area contributed by atoms with E-state index < -0.39 is 10.0 Å². The lowest BCUT2D eigenvalue weighted by Crippen LogP contribution is -2.12. The highest BCUT2D eigenvalue weighted by Gasteiger charge is 2.20. The van der Waals surface area contributed by atoms with E-state index in [9.17, 15) is 8.42 Å². The summed E-state index contributed by atoms with van der Waals surface area (Å²) in [5.41, 5.74) is 0. The molecule has 2 aromatic rings. The minimum Gasteiger partial charge on any atom is -0.264 e. The molecule has 0 aromatic carbocycles. The van der Waals surface area contributed by atoms with Gasteiger partial charge in [-0.2, -0.15) is 5.10 Å². The van der Waals surface area contributed by atoms with Gasteiger partial charge >= 0.3 is 0 Å². The number of hydrogen-bond acceptors (Lipinski definition) is 4. The van der Waals surface area contributed by atoms with Gasteiger partial charge in [0.15, 0.2) is 0 Å². The van der Waals surface area contributed by atoms with Crippen LogP contribution < -0.4 is 4.72 Å². The molecule has 2 aromatic heterocycles. The molecule has 5 nitrogen and oxygen atoms in total. The van der Waals surface area contributed by atoms with Crippen molar-refractivity contribution >= 4 is 59.0 Å². The van der Waals surface area contributed by atoms with Crippen molar-refractivity contribution in [1.82, 2.24) is 10.2 Å². The summed E-state index contributed by atoms with van der Waals surface area (Å²) in [6, 6.07) is 3.07. The highest BCUT2D eigenvalue weighted by Crippen LogP contribution is 2.35. The van der Waals surface area contributed by atoms with Crippen LogP contribution in [0.1, 0.15) is 0 Å². The van der Waals surface area contributed by atoms with Crippen molar-refractivity contribution in [2.24, 2.45) is 0 Å². The molecule has 0 fully saturated rings. The molecule has 0 amide bonds. The number of halogens is 2. The maximum absolute atomic E-state index is 11.9. The molecular formula is C7H5Br2N3O2S2. The van der Waals surface area contributed by atoms with E-state index in [-0.39, 0.29) is 4.90 Å².